The van der Waals surface area contributed by atoms with Gasteiger partial charge in [0.1, 0.15) is 5.00 Å². The average Bonchev–Trinajstić information content (AvgIpc) is 2.84. The SMILES string of the molecule is c1ccc2c(NCCN3CCCCC3)snc2c1. The van der Waals surface area contributed by atoms with Gasteiger partial charge in [-0.3, -0.25) is 0 Å². The predicted octanol–water partition coefficient (Wildman–Crippen LogP) is 3.19. The second kappa shape index (κ2) is 5.67. The highest BCUT2D eigenvalue weighted by molar-refractivity contribution is 7.11. The molecule has 0 atom stereocenters. The number of nitrogens with zero attached hydrogens (tertiary/aromatic N) is 2. The summed E-state index contributed by atoms with van der Waals surface area (Å²) < 4.78 is 4.45. The molecule has 1 aromatic heterocycles. The van der Waals surface area contributed by atoms with Crippen LogP contribution in [-0.2, 0) is 0 Å². The highest BCUT2D eigenvalue weighted by Crippen LogP contribution is 2.26. The molecule has 18 heavy (non-hydrogen) atoms. The number of nitrogens with one attached hydrogen (secondary N) is 1. The Labute approximate surface area is 112 Å². The van der Waals surface area contributed by atoms with Crippen molar-refractivity contribution in [2.45, 2.75) is 19.3 Å². The molecule has 0 saturated carbocycles. The highest BCUT2D eigenvalue weighted by atomic mass is 32.1. The van der Waals surface area contributed by atoms with Crippen LogP contribution in [0.4, 0.5) is 5.00 Å². The van der Waals surface area contributed by atoms with Crippen LogP contribution in [0.15, 0.2) is 24.3 Å². The quantitative estimate of drug-likeness (QED) is 0.916. The van der Waals surface area contributed by atoms with Crippen LogP contribution < -0.4 is 5.32 Å². The number of benzene rings is 1. The Hall–Kier alpha value is -1.13. The number of aromatic nitrogens is 1. The van der Waals surface area contributed by atoms with Crippen molar-refractivity contribution in [3.63, 3.8) is 0 Å². The molecule has 3 nitrogen and oxygen atoms in total. The van der Waals surface area contributed by atoms with Crippen LogP contribution in [0.3, 0.4) is 0 Å². The molecule has 1 saturated heterocycles. The Morgan fingerprint density at radius 3 is 2.89 bits per heavy atom. The van der Waals surface area contributed by atoms with E-state index in [1.54, 1.807) is 11.5 Å². The van der Waals surface area contributed by atoms with Crippen molar-refractivity contribution < 1.29 is 0 Å². The Bertz CT molecular complexity index is 502. The summed E-state index contributed by atoms with van der Waals surface area (Å²) in [7, 11) is 0. The van der Waals surface area contributed by atoms with Crippen LogP contribution >= 0.6 is 11.5 Å². The minimum absolute atomic E-state index is 1.02. The second-order valence-electron chi connectivity index (χ2n) is 4.86. The monoisotopic (exact) mass is 261 g/mol. The van der Waals surface area contributed by atoms with E-state index >= 15 is 0 Å². The zero-order valence-electron chi connectivity index (χ0n) is 10.6. The summed E-state index contributed by atoms with van der Waals surface area (Å²) in [5.41, 5.74) is 1.10. The summed E-state index contributed by atoms with van der Waals surface area (Å²) in [6.07, 6.45) is 4.14. The van der Waals surface area contributed by atoms with Crippen molar-refractivity contribution in [1.82, 2.24) is 9.27 Å². The highest BCUT2D eigenvalue weighted by Gasteiger charge is 2.10. The van der Waals surface area contributed by atoms with E-state index in [2.05, 4.69) is 32.8 Å². The van der Waals surface area contributed by atoms with Gasteiger partial charge in [0.25, 0.3) is 0 Å². The molecule has 0 spiro atoms. The van der Waals surface area contributed by atoms with Crippen LogP contribution in [0.25, 0.3) is 10.9 Å². The van der Waals surface area contributed by atoms with Crippen LogP contribution in [0, 0.1) is 0 Å². The van der Waals surface area contributed by atoms with Crippen molar-refractivity contribution in [2.75, 3.05) is 31.5 Å². The third kappa shape index (κ3) is 2.65. The molecule has 0 unspecified atom stereocenters. The smallest absolute Gasteiger partial charge is 0.117 e. The largest absolute Gasteiger partial charge is 0.374 e. The summed E-state index contributed by atoms with van der Waals surface area (Å²) in [5, 5.41) is 5.99. The zero-order valence-corrected chi connectivity index (χ0v) is 11.4. The van der Waals surface area contributed by atoms with Gasteiger partial charge in [-0.25, -0.2) is 0 Å². The van der Waals surface area contributed by atoms with E-state index in [-0.39, 0.29) is 0 Å². The molecule has 1 N–H and O–H groups in total. The minimum Gasteiger partial charge on any atom is -0.374 e. The van der Waals surface area contributed by atoms with Crippen LogP contribution in [0.1, 0.15) is 19.3 Å². The third-order valence-corrected chi connectivity index (χ3v) is 4.38. The van der Waals surface area contributed by atoms with Gasteiger partial charge in [-0.05, 0) is 49.6 Å². The molecular weight excluding hydrogens is 242 g/mol. The maximum atomic E-state index is 4.45. The first-order valence-electron chi connectivity index (χ1n) is 6.74. The van der Waals surface area contributed by atoms with E-state index in [1.807, 2.05) is 6.07 Å². The summed E-state index contributed by atoms with van der Waals surface area (Å²) >= 11 is 1.57. The second-order valence-corrected chi connectivity index (χ2v) is 5.63. The van der Waals surface area contributed by atoms with E-state index in [0.29, 0.717) is 0 Å². The van der Waals surface area contributed by atoms with Gasteiger partial charge in [0.15, 0.2) is 0 Å². The molecule has 2 aromatic rings. The van der Waals surface area contributed by atoms with E-state index < -0.39 is 0 Å². The first-order valence-corrected chi connectivity index (χ1v) is 7.51. The van der Waals surface area contributed by atoms with Crippen LogP contribution in [-0.4, -0.2) is 35.5 Å². The predicted molar refractivity (Wildman–Crippen MR) is 78.4 cm³/mol. The lowest BCUT2D eigenvalue weighted by molar-refractivity contribution is 0.237. The standard InChI is InChI=1S/C14H19N3S/c1-4-9-17(10-5-1)11-8-15-14-12-6-2-3-7-13(12)16-18-14/h2-3,6-7,15H,1,4-5,8-11H2. The molecule has 0 radical (unpaired) electrons. The van der Waals surface area contributed by atoms with Crippen LogP contribution in [0.2, 0.25) is 0 Å². The van der Waals surface area contributed by atoms with E-state index in [4.69, 9.17) is 0 Å². The fraction of sp³-hybridized carbons (Fsp3) is 0.500. The molecule has 0 aliphatic carbocycles. The maximum Gasteiger partial charge on any atom is 0.117 e. The van der Waals surface area contributed by atoms with Gasteiger partial charge in [0.2, 0.25) is 0 Å². The molecule has 3 rings (SSSR count). The van der Waals surface area contributed by atoms with Crippen molar-refractivity contribution in [3.05, 3.63) is 24.3 Å². The minimum atomic E-state index is 1.02. The first-order chi connectivity index (χ1) is 8.93. The zero-order chi connectivity index (χ0) is 12.2. The molecule has 1 aliphatic heterocycles. The van der Waals surface area contributed by atoms with E-state index in [9.17, 15) is 0 Å². The lowest BCUT2D eigenvalue weighted by atomic mass is 10.1. The number of hydrogen-bond donors (Lipinski definition) is 1. The molecule has 96 valence electrons. The number of anilines is 1. The van der Waals surface area contributed by atoms with E-state index in [0.717, 1.165) is 18.6 Å². The lowest BCUT2D eigenvalue weighted by Gasteiger charge is -2.26. The Balaban J connectivity index is 1.56. The third-order valence-electron chi connectivity index (χ3n) is 3.55. The lowest BCUT2D eigenvalue weighted by Crippen LogP contribution is -2.33. The van der Waals surface area contributed by atoms with Gasteiger partial charge in [0, 0.05) is 18.5 Å². The van der Waals surface area contributed by atoms with Crippen molar-refractivity contribution >= 4 is 27.4 Å². The molecule has 1 aliphatic rings. The summed E-state index contributed by atoms with van der Waals surface area (Å²) in [6.45, 7) is 4.70. The van der Waals surface area contributed by atoms with Crippen LogP contribution in [0.5, 0.6) is 0 Å². The molecule has 0 bridgehead atoms. The van der Waals surface area contributed by atoms with Gasteiger partial charge in [-0.2, -0.15) is 4.37 Å². The molecule has 2 heterocycles. The average molecular weight is 261 g/mol. The summed E-state index contributed by atoms with van der Waals surface area (Å²) in [5.74, 6) is 0. The number of rotatable bonds is 4. The Kier molecular flexibility index (Phi) is 3.76. The Morgan fingerprint density at radius 1 is 1.17 bits per heavy atom. The number of likely N-dealkylation sites (tertiary alicyclic amines) is 1. The number of hydrogen-bond acceptors (Lipinski definition) is 4. The maximum absolute atomic E-state index is 4.45. The molecule has 1 aromatic carbocycles. The number of fused-ring (bicyclic) bond motifs is 1. The van der Waals surface area contributed by atoms with Gasteiger partial charge in [-0.1, -0.05) is 18.6 Å². The molecule has 0 amide bonds. The molecule has 1 fully saturated rings. The molecule has 4 heteroatoms. The van der Waals surface area contributed by atoms with Gasteiger partial charge < -0.3 is 10.2 Å². The van der Waals surface area contributed by atoms with Crippen molar-refractivity contribution in [3.8, 4) is 0 Å². The Morgan fingerprint density at radius 2 is 2.00 bits per heavy atom. The molecular formula is C14H19N3S. The fourth-order valence-corrected chi connectivity index (χ4v) is 3.31. The normalized spacial score (nSPS) is 17.1. The van der Waals surface area contributed by atoms with Crippen molar-refractivity contribution in [2.24, 2.45) is 0 Å². The van der Waals surface area contributed by atoms with Gasteiger partial charge >= 0.3 is 0 Å². The van der Waals surface area contributed by atoms with Crippen molar-refractivity contribution in [1.29, 1.82) is 0 Å². The first kappa shape index (κ1) is 11.9. The van der Waals surface area contributed by atoms with E-state index in [1.165, 1.54) is 42.7 Å². The topological polar surface area (TPSA) is 28.2 Å². The summed E-state index contributed by atoms with van der Waals surface area (Å²) in [6, 6.07) is 8.33. The van der Waals surface area contributed by atoms with Gasteiger partial charge in [-0.15, -0.1) is 0 Å². The fourth-order valence-electron chi connectivity index (χ4n) is 2.53. The van der Waals surface area contributed by atoms with Gasteiger partial charge in [0.05, 0.1) is 5.52 Å². The summed E-state index contributed by atoms with van der Waals surface area (Å²) in [4.78, 5) is 2.56. The number of piperidine rings is 1.